The smallest absolute Gasteiger partial charge is 0.137 e. The highest BCUT2D eigenvalue weighted by Gasteiger charge is 2.63. The van der Waals surface area contributed by atoms with Gasteiger partial charge in [0.25, 0.3) is 0 Å². The quantitative estimate of drug-likeness (QED) is 0.747. The number of Topliss-reactive ketones (excluding diaryl/α,β-unsaturated/α-hetero) is 3. The molecule has 0 amide bonds. The number of hydrogen-bond donors (Lipinski definition) is 0. The number of hydrogen-bond acceptors (Lipinski definition) is 3. The molecule has 0 N–H and O–H groups in total. The largest absolute Gasteiger partial charge is 0.300 e. The topological polar surface area (TPSA) is 51.2 Å². The third-order valence-corrected chi connectivity index (χ3v) is 8.90. The second-order valence-electron chi connectivity index (χ2n) is 9.87. The Morgan fingerprint density at radius 3 is 2.56 bits per heavy atom. The predicted molar refractivity (Wildman–Crippen MR) is 95.9 cm³/mol. The highest BCUT2D eigenvalue weighted by molar-refractivity contribution is 5.88. The van der Waals surface area contributed by atoms with Gasteiger partial charge in [0.05, 0.1) is 0 Å². The van der Waals surface area contributed by atoms with Crippen LogP contribution in [-0.2, 0) is 14.4 Å². The lowest BCUT2D eigenvalue weighted by molar-refractivity contribution is -0.161. The summed E-state index contributed by atoms with van der Waals surface area (Å²) in [5, 5.41) is 0. The van der Waals surface area contributed by atoms with Crippen LogP contribution in [0, 0.1) is 40.4 Å². The van der Waals surface area contributed by atoms with Gasteiger partial charge in [0.1, 0.15) is 17.3 Å². The first-order chi connectivity index (χ1) is 11.8. The van der Waals surface area contributed by atoms with Gasteiger partial charge >= 0.3 is 0 Å². The monoisotopic (exact) mass is 344 g/mol. The summed E-state index contributed by atoms with van der Waals surface area (Å²) in [6.07, 6.45) is 7.68. The normalized spacial score (nSPS) is 49.3. The maximum Gasteiger partial charge on any atom is 0.137 e. The Kier molecular flexibility index (Phi) is 4.01. The van der Waals surface area contributed by atoms with E-state index in [1.165, 1.54) is 0 Å². The van der Waals surface area contributed by atoms with Gasteiger partial charge in [-0.1, -0.05) is 20.8 Å². The van der Waals surface area contributed by atoms with Crippen molar-refractivity contribution in [1.82, 2.24) is 0 Å². The first kappa shape index (κ1) is 17.4. The zero-order valence-electron chi connectivity index (χ0n) is 16.0. The molecule has 3 heteroatoms. The lowest BCUT2D eigenvalue weighted by Crippen LogP contribution is -2.57. The number of carbonyl (C=O) groups is 3. The fourth-order valence-corrected chi connectivity index (χ4v) is 7.64. The van der Waals surface area contributed by atoms with Crippen molar-refractivity contribution in [3.63, 3.8) is 0 Å². The van der Waals surface area contributed by atoms with Crippen molar-refractivity contribution < 1.29 is 14.4 Å². The van der Waals surface area contributed by atoms with Gasteiger partial charge in [-0.25, -0.2) is 0 Å². The van der Waals surface area contributed by atoms with Crippen LogP contribution in [0.2, 0.25) is 0 Å². The lowest BCUT2D eigenvalue weighted by atomic mass is 9.44. The summed E-state index contributed by atoms with van der Waals surface area (Å²) in [4.78, 5) is 37.9. The maximum absolute atomic E-state index is 13.4. The van der Waals surface area contributed by atoms with Crippen molar-refractivity contribution in [3.8, 4) is 0 Å². The Labute approximate surface area is 151 Å². The van der Waals surface area contributed by atoms with Crippen LogP contribution in [-0.4, -0.2) is 17.3 Å². The molecule has 0 aliphatic heterocycles. The highest BCUT2D eigenvalue weighted by Crippen LogP contribution is 2.66. The third-order valence-electron chi connectivity index (χ3n) is 8.90. The van der Waals surface area contributed by atoms with Gasteiger partial charge in [0, 0.05) is 37.5 Å². The fourth-order valence-electron chi connectivity index (χ4n) is 7.64. The minimum atomic E-state index is -0.112. The average molecular weight is 344 g/mol. The summed E-state index contributed by atoms with van der Waals surface area (Å²) in [6, 6.07) is 0. The number of carbonyl (C=O) groups excluding carboxylic acids is 3. The van der Waals surface area contributed by atoms with Crippen LogP contribution in [0.3, 0.4) is 0 Å². The van der Waals surface area contributed by atoms with Crippen molar-refractivity contribution >= 4 is 17.3 Å². The van der Waals surface area contributed by atoms with E-state index in [1.54, 1.807) is 0 Å². The van der Waals surface area contributed by atoms with Gasteiger partial charge in [0.2, 0.25) is 0 Å². The molecule has 0 heterocycles. The van der Waals surface area contributed by atoms with E-state index in [1.807, 2.05) is 6.92 Å². The zero-order valence-corrected chi connectivity index (χ0v) is 16.0. The molecule has 3 nitrogen and oxygen atoms in total. The molecular weight excluding hydrogens is 312 g/mol. The van der Waals surface area contributed by atoms with Crippen molar-refractivity contribution in [1.29, 1.82) is 0 Å². The van der Waals surface area contributed by atoms with Gasteiger partial charge in [-0.05, 0) is 60.7 Å². The van der Waals surface area contributed by atoms with E-state index in [0.717, 1.165) is 32.1 Å². The van der Waals surface area contributed by atoms with Crippen molar-refractivity contribution in [2.45, 2.75) is 78.6 Å². The fraction of sp³-hybridized carbons (Fsp3) is 0.864. The molecule has 0 aromatic heterocycles. The highest BCUT2D eigenvalue weighted by atomic mass is 16.1. The number of rotatable bonds is 2. The van der Waals surface area contributed by atoms with Crippen LogP contribution in [0.15, 0.2) is 0 Å². The predicted octanol–water partition coefficient (Wildman–Crippen LogP) is 4.37. The van der Waals surface area contributed by atoms with Crippen molar-refractivity contribution in [2.75, 3.05) is 0 Å². The molecule has 138 valence electrons. The van der Waals surface area contributed by atoms with E-state index in [2.05, 4.69) is 13.8 Å². The first-order valence-electron chi connectivity index (χ1n) is 10.4. The molecule has 4 aliphatic carbocycles. The molecule has 4 rings (SSSR count). The van der Waals surface area contributed by atoms with E-state index in [-0.39, 0.29) is 22.7 Å². The molecule has 4 saturated carbocycles. The second-order valence-corrected chi connectivity index (χ2v) is 9.87. The maximum atomic E-state index is 13.4. The lowest BCUT2D eigenvalue weighted by Gasteiger charge is -2.59. The average Bonchev–Trinajstić information content (AvgIpc) is 2.91. The molecule has 0 radical (unpaired) electrons. The number of ketones is 3. The van der Waals surface area contributed by atoms with E-state index in [0.29, 0.717) is 60.8 Å². The zero-order chi connectivity index (χ0) is 18.0. The van der Waals surface area contributed by atoms with E-state index >= 15 is 0 Å². The molecule has 0 aromatic carbocycles. The minimum Gasteiger partial charge on any atom is -0.300 e. The molecule has 7 atom stereocenters. The van der Waals surface area contributed by atoms with Crippen LogP contribution >= 0.6 is 0 Å². The molecule has 0 unspecified atom stereocenters. The molecule has 4 aliphatic rings. The summed E-state index contributed by atoms with van der Waals surface area (Å²) in [5.74, 6) is 2.74. The summed E-state index contributed by atoms with van der Waals surface area (Å²) in [5.41, 5.74) is -0.0961. The summed E-state index contributed by atoms with van der Waals surface area (Å²) in [7, 11) is 0. The third kappa shape index (κ3) is 2.33. The first-order valence-corrected chi connectivity index (χ1v) is 10.4. The summed E-state index contributed by atoms with van der Waals surface area (Å²) < 4.78 is 0. The molecule has 0 saturated heterocycles. The number of fused-ring (bicyclic) bond motifs is 5. The molecule has 4 fully saturated rings. The van der Waals surface area contributed by atoms with Gasteiger partial charge in [-0.2, -0.15) is 0 Å². The molecule has 0 bridgehead atoms. The SMILES string of the molecule is CCC(=O)[C@H]1CC[C@H]2[C@@H]3CC[C@H]4CC(=O)CC[C@]4(C)[C@H]3C(=O)C[C@]12C. The standard InChI is InChI=1S/C22H32O3/c1-4-18(24)17-8-7-16-15-6-5-13-11-14(23)9-10-21(13,2)20(15)19(25)12-22(16,17)3/h13,15-17,20H,4-12H2,1-3H3/t13-,15-,16-,17+,20+,21-,22-/m0/s1. The van der Waals surface area contributed by atoms with Crippen LogP contribution in [0.4, 0.5) is 0 Å². The van der Waals surface area contributed by atoms with Gasteiger partial charge in [-0.15, -0.1) is 0 Å². The molecule has 0 spiro atoms. The Morgan fingerprint density at radius 1 is 1.08 bits per heavy atom. The van der Waals surface area contributed by atoms with Gasteiger partial charge in [0.15, 0.2) is 0 Å². The van der Waals surface area contributed by atoms with Crippen molar-refractivity contribution in [2.24, 2.45) is 40.4 Å². The van der Waals surface area contributed by atoms with Crippen LogP contribution in [0.25, 0.3) is 0 Å². The van der Waals surface area contributed by atoms with Crippen LogP contribution in [0.1, 0.15) is 78.6 Å². The van der Waals surface area contributed by atoms with Gasteiger partial charge < -0.3 is 0 Å². The molecule has 25 heavy (non-hydrogen) atoms. The van der Waals surface area contributed by atoms with Crippen LogP contribution < -0.4 is 0 Å². The summed E-state index contributed by atoms with van der Waals surface area (Å²) >= 11 is 0. The Bertz CT molecular complexity index is 623. The van der Waals surface area contributed by atoms with Gasteiger partial charge in [-0.3, -0.25) is 14.4 Å². The molecule has 0 aromatic rings. The Balaban J connectivity index is 1.67. The van der Waals surface area contributed by atoms with E-state index < -0.39 is 0 Å². The summed E-state index contributed by atoms with van der Waals surface area (Å²) in [6.45, 7) is 6.48. The van der Waals surface area contributed by atoms with Crippen molar-refractivity contribution in [3.05, 3.63) is 0 Å². The molecular formula is C22H32O3. The Morgan fingerprint density at radius 2 is 1.84 bits per heavy atom. The van der Waals surface area contributed by atoms with E-state index in [9.17, 15) is 14.4 Å². The van der Waals surface area contributed by atoms with Crippen LogP contribution in [0.5, 0.6) is 0 Å². The van der Waals surface area contributed by atoms with E-state index in [4.69, 9.17) is 0 Å². The second kappa shape index (κ2) is 5.76. The minimum absolute atomic E-state index is 0.0160. The Hall–Kier alpha value is -0.990.